The van der Waals surface area contributed by atoms with Crippen molar-refractivity contribution in [2.45, 2.75) is 4.90 Å². The van der Waals surface area contributed by atoms with Gasteiger partial charge in [0.1, 0.15) is 12.4 Å². The molecule has 5 nitrogen and oxygen atoms in total. The molecule has 0 fully saturated rings. The lowest BCUT2D eigenvalue weighted by atomic mass is 10.3. The summed E-state index contributed by atoms with van der Waals surface area (Å²) in [6, 6.07) is 10.9. The van der Waals surface area contributed by atoms with Crippen LogP contribution in [-0.2, 0) is 14.8 Å². The van der Waals surface area contributed by atoms with Crippen LogP contribution >= 0.6 is 11.6 Å². The molecule has 2 rings (SSSR count). The fraction of sp³-hybridized carbons (Fsp3) is 0.0714. The molecule has 0 bridgehead atoms. The van der Waals surface area contributed by atoms with Crippen LogP contribution in [0.2, 0.25) is 5.02 Å². The molecule has 2 aromatic rings. The zero-order chi connectivity index (χ0) is 16.3. The monoisotopic (exact) mass is 342 g/mol. The molecule has 0 aliphatic carbocycles. The number of carbonyl (C=O) groups excluding carboxylic acids is 1. The molecule has 8 heteroatoms. The summed E-state index contributed by atoms with van der Waals surface area (Å²) in [5.74, 6) is -1.54. The lowest BCUT2D eigenvalue weighted by molar-refractivity contribution is -0.116. The number of amides is 1. The molecule has 0 saturated carbocycles. The zero-order valence-corrected chi connectivity index (χ0v) is 12.8. The highest BCUT2D eigenvalue weighted by Crippen LogP contribution is 2.27. The second-order valence-corrected chi connectivity index (χ2v) is 6.66. The zero-order valence-electron chi connectivity index (χ0n) is 11.2. The van der Waals surface area contributed by atoms with E-state index in [0.29, 0.717) is 0 Å². The molecular weight excluding hydrogens is 331 g/mol. The average Bonchev–Trinajstić information content (AvgIpc) is 2.48. The van der Waals surface area contributed by atoms with Gasteiger partial charge >= 0.3 is 0 Å². The third-order valence-electron chi connectivity index (χ3n) is 2.82. The lowest BCUT2D eigenvalue weighted by Crippen LogP contribution is -2.38. The Morgan fingerprint density at radius 1 is 1.18 bits per heavy atom. The summed E-state index contributed by atoms with van der Waals surface area (Å²) in [5.41, 5.74) is 5.17. The number of benzene rings is 2. The van der Waals surface area contributed by atoms with Gasteiger partial charge in [0.05, 0.1) is 15.6 Å². The normalized spacial score (nSPS) is 11.2. The van der Waals surface area contributed by atoms with Gasteiger partial charge < -0.3 is 5.73 Å². The molecule has 0 aliphatic rings. The minimum Gasteiger partial charge on any atom is -0.368 e. The van der Waals surface area contributed by atoms with Crippen LogP contribution in [0.5, 0.6) is 0 Å². The number of anilines is 1. The van der Waals surface area contributed by atoms with E-state index in [1.807, 2.05) is 0 Å². The highest BCUT2D eigenvalue weighted by atomic mass is 35.5. The molecule has 0 unspecified atom stereocenters. The Morgan fingerprint density at radius 2 is 1.82 bits per heavy atom. The van der Waals surface area contributed by atoms with Gasteiger partial charge in [0, 0.05) is 0 Å². The van der Waals surface area contributed by atoms with Crippen molar-refractivity contribution in [1.29, 1.82) is 0 Å². The summed E-state index contributed by atoms with van der Waals surface area (Å²) >= 11 is 5.68. The molecular formula is C14H12ClFN2O3S. The van der Waals surface area contributed by atoms with Crippen LogP contribution in [0.25, 0.3) is 0 Å². The second-order valence-electron chi connectivity index (χ2n) is 4.39. The topological polar surface area (TPSA) is 80.5 Å². The molecule has 0 heterocycles. The van der Waals surface area contributed by atoms with Gasteiger partial charge in [-0.3, -0.25) is 9.10 Å². The van der Waals surface area contributed by atoms with Crippen LogP contribution in [0.1, 0.15) is 0 Å². The number of carbonyl (C=O) groups is 1. The van der Waals surface area contributed by atoms with Crippen molar-refractivity contribution in [2.75, 3.05) is 10.8 Å². The lowest BCUT2D eigenvalue weighted by Gasteiger charge is -2.23. The molecule has 0 radical (unpaired) electrons. The summed E-state index contributed by atoms with van der Waals surface area (Å²) in [4.78, 5) is 11.2. The van der Waals surface area contributed by atoms with Crippen molar-refractivity contribution in [2.24, 2.45) is 5.73 Å². The highest BCUT2D eigenvalue weighted by Gasteiger charge is 2.26. The predicted molar refractivity (Wildman–Crippen MR) is 81.6 cm³/mol. The molecule has 2 N–H and O–H groups in total. The third kappa shape index (κ3) is 3.37. The SMILES string of the molecule is NC(=O)CN(c1ccc(F)c(Cl)c1)S(=O)(=O)c1ccccc1. The number of hydrogen-bond donors (Lipinski definition) is 1. The number of rotatable bonds is 5. The van der Waals surface area contributed by atoms with Crippen molar-refractivity contribution in [3.63, 3.8) is 0 Å². The van der Waals surface area contributed by atoms with E-state index in [-0.39, 0.29) is 15.6 Å². The molecule has 0 aromatic heterocycles. The van der Waals surface area contributed by atoms with Gasteiger partial charge in [0.15, 0.2) is 0 Å². The standard InChI is InChI=1S/C14H12ClFN2O3S/c15-12-8-10(6-7-13(12)16)18(9-14(17)19)22(20,21)11-4-2-1-3-5-11/h1-8H,9H2,(H2,17,19). The number of nitrogens with two attached hydrogens (primary N) is 1. The van der Waals surface area contributed by atoms with E-state index in [1.165, 1.54) is 18.2 Å². The summed E-state index contributed by atoms with van der Waals surface area (Å²) in [7, 11) is -4.03. The van der Waals surface area contributed by atoms with Crippen LogP contribution in [0.15, 0.2) is 53.4 Å². The first-order chi connectivity index (χ1) is 10.3. The fourth-order valence-electron chi connectivity index (χ4n) is 1.82. The van der Waals surface area contributed by atoms with E-state index >= 15 is 0 Å². The number of primary amides is 1. The number of hydrogen-bond acceptors (Lipinski definition) is 3. The molecule has 0 aliphatic heterocycles. The van der Waals surface area contributed by atoms with Crippen molar-refractivity contribution in [3.05, 3.63) is 59.4 Å². The van der Waals surface area contributed by atoms with Crippen molar-refractivity contribution < 1.29 is 17.6 Å². The Balaban J connectivity index is 2.55. The Labute approximate surface area is 132 Å². The number of sulfonamides is 1. The molecule has 1 amide bonds. The van der Waals surface area contributed by atoms with Gasteiger partial charge in [-0.25, -0.2) is 12.8 Å². The van der Waals surface area contributed by atoms with Gasteiger partial charge in [-0.2, -0.15) is 0 Å². The van der Waals surface area contributed by atoms with E-state index in [2.05, 4.69) is 0 Å². The van der Waals surface area contributed by atoms with Crippen molar-refractivity contribution in [1.82, 2.24) is 0 Å². The van der Waals surface area contributed by atoms with Gasteiger partial charge in [-0.05, 0) is 30.3 Å². The molecule has 0 saturated heterocycles. The maximum absolute atomic E-state index is 13.3. The van der Waals surface area contributed by atoms with Crippen LogP contribution < -0.4 is 10.0 Å². The van der Waals surface area contributed by atoms with Crippen molar-refractivity contribution >= 4 is 33.2 Å². The molecule has 116 valence electrons. The Bertz CT molecular complexity index is 797. The fourth-order valence-corrected chi connectivity index (χ4v) is 3.44. The third-order valence-corrected chi connectivity index (χ3v) is 4.90. The largest absolute Gasteiger partial charge is 0.368 e. The number of halogens is 2. The second kappa shape index (κ2) is 6.33. The summed E-state index contributed by atoms with van der Waals surface area (Å²) in [6.45, 7) is -0.584. The number of nitrogens with zero attached hydrogens (tertiary/aromatic N) is 1. The molecule has 0 atom stereocenters. The maximum atomic E-state index is 13.3. The average molecular weight is 343 g/mol. The van der Waals surface area contributed by atoms with Crippen molar-refractivity contribution in [3.8, 4) is 0 Å². The van der Waals surface area contributed by atoms with Crippen LogP contribution in [-0.4, -0.2) is 20.9 Å². The van der Waals surface area contributed by atoms with Gasteiger partial charge in [-0.1, -0.05) is 29.8 Å². The van der Waals surface area contributed by atoms with E-state index in [1.54, 1.807) is 18.2 Å². The van der Waals surface area contributed by atoms with Gasteiger partial charge in [0.2, 0.25) is 5.91 Å². The van der Waals surface area contributed by atoms with Crippen LogP contribution in [0.4, 0.5) is 10.1 Å². The first kappa shape index (κ1) is 16.3. The van der Waals surface area contributed by atoms with E-state index in [0.717, 1.165) is 16.4 Å². The molecule has 0 spiro atoms. The first-order valence-electron chi connectivity index (χ1n) is 6.13. The summed E-state index contributed by atoms with van der Waals surface area (Å²) in [5, 5.41) is -0.254. The quantitative estimate of drug-likeness (QED) is 0.904. The van der Waals surface area contributed by atoms with Crippen LogP contribution in [0.3, 0.4) is 0 Å². The van der Waals surface area contributed by atoms with Crippen LogP contribution in [0, 0.1) is 5.82 Å². The summed E-state index contributed by atoms with van der Waals surface area (Å²) < 4.78 is 39.3. The smallest absolute Gasteiger partial charge is 0.264 e. The van der Waals surface area contributed by atoms with Gasteiger partial charge in [0.25, 0.3) is 10.0 Å². The van der Waals surface area contributed by atoms with Gasteiger partial charge in [-0.15, -0.1) is 0 Å². The minimum absolute atomic E-state index is 0.0169. The molecule has 22 heavy (non-hydrogen) atoms. The maximum Gasteiger partial charge on any atom is 0.264 e. The minimum atomic E-state index is -4.03. The van der Waals surface area contributed by atoms with E-state index in [9.17, 15) is 17.6 Å². The summed E-state index contributed by atoms with van der Waals surface area (Å²) in [6.07, 6.45) is 0. The molecule has 2 aromatic carbocycles. The Hall–Kier alpha value is -2.12. The highest BCUT2D eigenvalue weighted by molar-refractivity contribution is 7.92. The predicted octanol–water partition coefficient (Wildman–Crippen LogP) is 2.16. The van der Waals surface area contributed by atoms with E-state index in [4.69, 9.17) is 17.3 Å². The first-order valence-corrected chi connectivity index (χ1v) is 7.95. The Morgan fingerprint density at radius 3 is 2.36 bits per heavy atom. The van der Waals surface area contributed by atoms with E-state index < -0.39 is 28.3 Å². The Kier molecular flexibility index (Phi) is 4.68.